The lowest BCUT2D eigenvalue weighted by molar-refractivity contribution is -0.150. The minimum Gasteiger partial charge on any atom is -0.466 e. The van der Waals surface area contributed by atoms with E-state index in [0.29, 0.717) is 39.1 Å². The molecule has 0 N–H and O–H groups in total. The van der Waals surface area contributed by atoms with Crippen LogP contribution in [-0.2, 0) is 20.9 Å². The Morgan fingerprint density at radius 3 is 2.43 bits per heavy atom. The minimum absolute atomic E-state index is 0.0256. The topological polar surface area (TPSA) is 64.4 Å². The highest BCUT2D eigenvalue weighted by atomic mass is 16.5. The number of benzene rings is 1. The number of carbonyl (C=O) groups is 2. The number of esters is 1. The van der Waals surface area contributed by atoms with Gasteiger partial charge in [0, 0.05) is 30.4 Å². The van der Waals surface area contributed by atoms with E-state index in [4.69, 9.17) is 4.74 Å². The summed E-state index contributed by atoms with van der Waals surface area (Å²) in [7, 11) is 0. The van der Waals surface area contributed by atoms with Crippen LogP contribution < -0.4 is 0 Å². The van der Waals surface area contributed by atoms with Gasteiger partial charge < -0.3 is 9.64 Å². The molecule has 1 aromatic heterocycles. The zero-order valence-electron chi connectivity index (χ0n) is 18.4. The smallest absolute Gasteiger partial charge is 0.309 e. The first-order chi connectivity index (χ1) is 14.4. The van der Waals surface area contributed by atoms with Gasteiger partial charge in [-0.1, -0.05) is 29.8 Å². The van der Waals surface area contributed by atoms with E-state index in [0.717, 1.165) is 17.0 Å². The van der Waals surface area contributed by atoms with Gasteiger partial charge in [0.25, 0.3) is 0 Å². The van der Waals surface area contributed by atoms with Crippen LogP contribution in [0.5, 0.6) is 0 Å². The normalized spacial score (nSPS) is 15.0. The van der Waals surface area contributed by atoms with Crippen molar-refractivity contribution in [3.8, 4) is 0 Å². The van der Waals surface area contributed by atoms with Gasteiger partial charge in [-0.15, -0.1) is 0 Å². The van der Waals surface area contributed by atoms with Crippen LogP contribution >= 0.6 is 0 Å². The highest BCUT2D eigenvalue weighted by Gasteiger charge is 2.27. The fraction of sp³-hybridized carbons (Fsp3) is 0.458. The van der Waals surface area contributed by atoms with Gasteiger partial charge in [0.05, 0.1) is 24.8 Å². The third kappa shape index (κ3) is 5.17. The highest BCUT2D eigenvalue weighted by Crippen LogP contribution is 2.20. The van der Waals surface area contributed by atoms with E-state index in [-0.39, 0.29) is 17.8 Å². The maximum Gasteiger partial charge on any atom is 0.309 e. The first-order valence-electron chi connectivity index (χ1n) is 10.6. The highest BCUT2D eigenvalue weighted by molar-refractivity contribution is 5.92. The zero-order valence-corrected chi connectivity index (χ0v) is 18.4. The van der Waals surface area contributed by atoms with E-state index >= 15 is 0 Å². The van der Waals surface area contributed by atoms with Crippen molar-refractivity contribution in [3.05, 3.63) is 58.4 Å². The summed E-state index contributed by atoms with van der Waals surface area (Å²) in [4.78, 5) is 26.3. The lowest BCUT2D eigenvalue weighted by Gasteiger charge is -2.30. The number of rotatable bonds is 6. The standard InChI is InChI=1S/C24H31N3O3/c1-5-30-24(29)21-12-14-26(15-13-21)23(28)11-10-22-18(3)25-27(19(22)4)16-20-8-6-17(2)7-9-20/h6-11,21H,5,12-16H2,1-4H3/b11-10+. The zero-order chi connectivity index (χ0) is 21.7. The Balaban J connectivity index is 1.62. The molecule has 0 unspecified atom stereocenters. The van der Waals surface area contributed by atoms with Gasteiger partial charge in [-0.25, -0.2) is 0 Å². The molecule has 0 spiro atoms. The van der Waals surface area contributed by atoms with Gasteiger partial charge in [0.15, 0.2) is 0 Å². The third-order valence-corrected chi connectivity index (χ3v) is 5.71. The van der Waals surface area contributed by atoms with Crippen molar-refractivity contribution in [2.75, 3.05) is 19.7 Å². The van der Waals surface area contributed by atoms with E-state index < -0.39 is 0 Å². The number of aryl methyl sites for hydroxylation is 2. The maximum absolute atomic E-state index is 12.6. The number of piperidine rings is 1. The molecule has 1 aromatic carbocycles. The van der Waals surface area contributed by atoms with Gasteiger partial charge in [0.1, 0.15) is 0 Å². The predicted molar refractivity (Wildman–Crippen MR) is 117 cm³/mol. The Morgan fingerprint density at radius 2 is 1.80 bits per heavy atom. The van der Waals surface area contributed by atoms with Crippen LogP contribution in [0.4, 0.5) is 0 Å². The minimum atomic E-state index is -0.146. The van der Waals surface area contributed by atoms with Crippen molar-refractivity contribution in [1.29, 1.82) is 0 Å². The fourth-order valence-electron chi connectivity index (χ4n) is 3.83. The van der Waals surface area contributed by atoms with Crippen LogP contribution in [0, 0.1) is 26.7 Å². The number of aromatic nitrogens is 2. The third-order valence-electron chi connectivity index (χ3n) is 5.71. The molecule has 0 atom stereocenters. The average Bonchev–Trinajstić information content (AvgIpc) is 3.00. The molecule has 6 nitrogen and oxygen atoms in total. The van der Waals surface area contributed by atoms with Gasteiger partial charge in [-0.3, -0.25) is 14.3 Å². The molecule has 1 fully saturated rings. The van der Waals surface area contributed by atoms with Crippen LogP contribution in [0.15, 0.2) is 30.3 Å². The molecule has 0 radical (unpaired) electrons. The molecule has 0 saturated carbocycles. The Hall–Kier alpha value is -2.89. The molecule has 2 heterocycles. The number of hydrogen-bond donors (Lipinski definition) is 0. The summed E-state index contributed by atoms with van der Waals surface area (Å²) in [5.41, 5.74) is 5.36. The van der Waals surface area contributed by atoms with Crippen LogP contribution in [0.2, 0.25) is 0 Å². The van der Waals surface area contributed by atoms with E-state index in [1.165, 1.54) is 11.1 Å². The Bertz CT molecular complexity index is 920. The predicted octanol–water partition coefficient (Wildman–Crippen LogP) is 3.67. The van der Waals surface area contributed by atoms with E-state index in [1.807, 2.05) is 31.5 Å². The van der Waals surface area contributed by atoms with Crippen LogP contribution in [0.1, 0.15) is 47.8 Å². The first-order valence-corrected chi connectivity index (χ1v) is 10.6. The molecule has 1 aliphatic rings. The molecule has 30 heavy (non-hydrogen) atoms. The number of likely N-dealkylation sites (tertiary alicyclic amines) is 1. The summed E-state index contributed by atoms with van der Waals surface area (Å²) in [6, 6.07) is 8.44. The van der Waals surface area contributed by atoms with Gasteiger partial charge in [-0.2, -0.15) is 5.10 Å². The average molecular weight is 410 g/mol. The Labute approximate surface area is 178 Å². The van der Waals surface area contributed by atoms with Crippen molar-refractivity contribution in [2.45, 2.75) is 47.1 Å². The molecular formula is C24H31N3O3. The molecule has 1 saturated heterocycles. The van der Waals surface area contributed by atoms with Gasteiger partial charge in [-0.05, 0) is 52.2 Å². The number of hydrogen-bond acceptors (Lipinski definition) is 4. The molecule has 6 heteroatoms. The number of carbonyl (C=O) groups excluding carboxylic acids is 2. The van der Waals surface area contributed by atoms with Crippen LogP contribution in [-0.4, -0.2) is 46.3 Å². The molecule has 3 rings (SSSR count). The molecule has 0 bridgehead atoms. The van der Waals surface area contributed by atoms with Gasteiger partial charge in [0.2, 0.25) is 5.91 Å². The first kappa shape index (κ1) is 21.8. The Morgan fingerprint density at radius 1 is 1.13 bits per heavy atom. The SMILES string of the molecule is CCOC(=O)C1CCN(C(=O)/C=C/c2c(C)nn(Cc3ccc(C)cc3)c2C)CC1. The number of ether oxygens (including phenoxy) is 1. The van der Waals surface area contributed by atoms with E-state index in [2.05, 4.69) is 36.3 Å². The summed E-state index contributed by atoms with van der Waals surface area (Å²) >= 11 is 0. The second kappa shape index (κ2) is 9.74. The summed E-state index contributed by atoms with van der Waals surface area (Å²) in [5.74, 6) is -0.266. The summed E-state index contributed by atoms with van der Waals surface area (Å²) in [6.45, 7) is 10.2. The van der Waals surface area contributed by atoms with Gasteiger partial charge >= 0.3 is 5.97 Å². The lowest BCUT2D eigenvalue weighted by Crippen LogP contribution is -2.39. The number of amides is 1. The second-order valence-corrected chi connectivity index (χ2v) is 7.91. The maximum atomic E-state index is 12.6. The van der Waals surface area contributed by atoms with Crippen molar-refractivity contribution in [2.24, 2.45) is 5.92 Å². The van der Waals surface area contributed by atoms with Crippen LogP contribution in [0.25, 0.3) is 6.08 Å². The molecule has 0 aliphatic carbocycles. The summed E-state index contributed by atoms with van der Waals surface area (Å²) in [6.07, 6.45) is 4.80. The molecule has 2 aromatic rings. The van der Waals surface area contributed by atoms with Crippen molar-refractivity contribution in [3.63, 3.8) is 0 Å². The van der Waals surface area contributed by atoms with E-state index in [1.54, 1.807) is 11.0 Å². The second-order valence-electron chi connectivity index (χ2n) is 7.91. The fourth-order valence-corrected chi connectivity index (χ4v) is 3.83. The lowest BCUT2D eigenvalue weighted by atomic mass is 9.97. The summed E-state index contributed by atoms with van der Waals surface area (Å²) in [5, 5.41) is 4.65. The van der Waals surface area contributed by atoms with Crippen LogP contribution in [0.3, 0.4) is 0 Å². The quantitative estimate of drug-likeness (QED) is 0.539. The molecule has 1 aliphatic heterocycles. The molecule has 1 amide bonds. The monoisotopic (exact) mass is 409 g/mol. The van der Waals surface area contributed by atoms with Crippen molar-refractivity contribution >= 4 is 18.0 Å². The van der Waals surface area contributed by atoms with Crippen molar-refractivity contribution < 1.29 is 14.3 Å². The molecular weight excluding hydrogens is 378 g/mol. The summed E-state index contributed by atoms with van der Waals surface area (Å²) < 4.78 is 7.07. The van der Waals surface area contributed by atoms with E-state index in [9.17, 15) is 9.59 Å². The van der Waals surface area contributed by atoms with Crippen molar-refractivity contribution in [1.82, 2.24) is 14.7 Å². The number of nitrogens with zero attached hydrogens (tertiary/aromatic N) is 3. The Kier molecular flexibility index (Phi) is 7.08. The largest absolute Gasteiger partial charge is 0.466 e. The molecule has 160 valence electrons.